The first kappa shape index (κ1) is 7.65. The molecule has 0 amide bonds. The molecule has 1 aliphatic rings. The van der Waals surface area contributed by atoms with Crippen LogP contribution < -0.4 is 0 Å². The van der Waals surface area contributed by atoms with Gasteiger partial charge in [0.1, 0.15) is 6.10 Å². The van der Waals surface area contributed by atoms with Crippen LogP contribution in [0.4, 0.5) is 0 Å². The van der Waals surface area contributed by atoms with E-state index in [9.17, 15) is 4.79 Å². The maximum atomic E-state index is 10.7. The van der Waals surface area contributed by atoms with Gasteiger partial charge in [-0.2, -0.15) is 0 Å². The van der Waals surface area contributed by atoms with Crippen LogP contribution >= 0.6 is 0 Å². The lowest BCUT2D eigenvalue weighted by Crippen LogP contribution is -2.39. The summed E-state index contributed by atoms with van der Waals surface area (Å²) in [4.78, 5) is 10.7. The van der Waals surface area contributed by atoms with Gasteiger partial charge in [0.2, 0.25) is 0 Å². The summed E-state index contributed by atoms with van der Waals surface area (Å²) in [6, 6.07) is 0. The van der Waals surface area contributed by atoms with E-state index < -0.39 is 12.2 Å². The average Bonchev–Trinajstić information content (AvgIpc) is 1.95. The molecule has 0 radical (unpaired) electrons. The van der Waals surface area contributed by atoms with Crippen LogP contribution in [-0.4, -0.2) is 41.4 Å². The Morgan fingerprint density at radius 3 is 2.90 bits per heavy atom. The highest BCUT2D eigenvalue weighted by Gasteiger charge is 2.26. The first-order valence-electron chi connectivity index (χ1n) is 3.17. The van der Waals surface area contributed by atoms with E-state index in [-0.39, 0.29) is 25.4 Å². The van der Waals surface area contributed by atoms with Crippen molar-refractivity contribution >= 4 is 5.78 Å². The maximum absolute atomic E-state index is 10.7. The molecule has 4 nitrogen and oxygen atoms in total. The molecule has 0 aliphatic carbocycles. The quantitative estimate of drug-likeness (QED) is 0.482. The Morgan fingerprint density at radius 2 is 2.40 bits per heavy atom. The molecule has 0 aromatic heterocycles. The van der Waals surface area contributed by atoms with E-state index in [1.54, 1.807) is 0 Å². The zero-order valence-electron chi connectivity index (χ0n) is 5.49. The SMILES string of the molecule is O=C1C[C@@H](CO)OC[C@H]1O. The Hall–Kier alpha value is -0.450. The Balaban J connectivity index is 2.41. The van der Waals surface area contributed by atoms with E-state index in [0.717, 1.165) is 0 Å². The van der Waals surface area contributed by atoms with Gasteiger partial charge in [-0.3, -0.25) is 4.79 Å². The molecule has 0 aromatic rings. The lowest BCUT2D eigenvalue weighted by molar-refractivity contribution is -0.145. The molecule has 0 saturated carbocycles. The highest BCUT2D eigenvalue weighted by atomic mass is 16.5. The lowest BCUT2D eigenvalue weighted by Gasteiger charge is -2.23. The Morgan fingerprint density at radius 1 is 1.70 bits per heavy atom. The number of carbonyl (C=O) groups is 1. The molecule has 0 aromatic carbocycles. The predicted molar refractivity (Wildman–Crippen MR) is 32.5 cm³/mol. The number of ketones is 1. The van der Waals surface area contributed by atoms with Gasteiger partial charge in [0.25, 0.3) is 0 Å². The van der Waals surface area contributed by atoms with E-state index in [2.05, 4.69) is 0 Å². The lowest BCUT2D eigenvalue weighted by atomic mass is 10.1. The Bertz CT molecular complexity index is 134. The van der Waals surface area contributed by atoms with E-state index >= 15 is 0 Å². The third-order valence-corrected chi connectivity index (χ3v) is 1.49. The Kier molecular flexibility index (Phi) is 2.37. The van der Waals surface area contributed by atoms with Crippen molar-refractivity contribution in [1.29, 1.82) is 0 Å². The normalized spacial score (nSPS) is 34.4. The second-order valence-electron chi connectivity index (χ2n) is 2.32. The number of aliphatic hydroxyl groups is 2. The standard InChI is InChI=1S/C6H10O4/c7-2-4-1-5(8)6(9)3-10-4/h4,6-7,9H,1-3H2/t4-,6+/m0/s1. The number of rotatable bonds is 1. The first-order chi connectivity index (χ1) is 4.74. The largest absolute Gasteiger partial charge is 0.394 e. The monoisotopic (exact) mass is 146 g/mol. The molecule has 1 aliphatic heterocycles. The molecule has 0 spiro atoms. The molecule has 2 atom stereocenters. The van der Waals surface area contributed by atoms with E-state index in [4.69, 9.17) is 14.9 Å². The fourth-order valence-electron chi connectivity index (χ4n) is 0.857. The van der Waals surface area contributed by atoms with Crippen molar-refractivity contribution in [1.82, 2.24) is 0 Å². The summed E-state index contributed by atoms with van der Waals surface area (Å²) in [5.41, 5.74) is 0. The van der Waals surface area contributed by atoms with Crippen LogP contribution in [0.5, 0.6) is 0 Å². The van der Waals surface area contributed by atoms with E-state index in [1.807, 2.05) is 0 Å². The molecule has 0 bridgehead atoms. The second-order valence-corrected chi connectivity index (χ2v) is 2.32. The van der Waals surface area contributed by atoms with Crippen molar-refractivity contribution in [3.63, 3.8) is 0 Å². The summed E-state index contributed by atoms with van der Waals surface area (Å²) in [6.45, 7) is -0.136. The number of hydrogen-bond acceptors (Lipinski definition) is 4. The molecular weight excluding hydrogens is 136 g/mol. The number of hydrogen-bond donors (Lipinski definition) is 2. The third-order valence-electron chi connectivity index (χ3n) is 1.49. The first-order valence-corrected chi connectivity index (χ1v) is 3.17. The van der Waals surface area contributed by atoms with Gasteiger partial charge in [0.15, 0.2) is 5.78 Å². The van der Waals surface area contributed by atoms with Gasteiger partial charge in [0, 0.05) is 6.42 Å². The van der Waals surface area contributed by atoms with Crippen LogP contribution in [0.1, 0.15) is 6.42 Å². The highest BCUT2D eigenvalue weighted by Crippen LogP contribution is 2.08. The Labute approximate surface area is 58.4 Å². The van der Waals surface area contributed by atoms with Crippen LogP contribution in [0.3, 0.4) is 0 Å². The van der Waals surface area contributed by atoms with Crippen LogP contribution in [0.15, 0.2) is 0 Å². The summed E-state index contributed by atoms with van der Waals surface area (Å²) in [5, 5.41) is 17.4. The number of aliphatic hydroxyl groups excluding tert-OH is 2. The highest BCUT2D eigenvalue weighted by molar-refractivity contribution is 5.83. The van der Waals surface area contributed by atoms with Gasteiger partial charge in [-0.1, -0.05) is 0 Å². The van der Waals surface area contributed by atoms with Gasteiger partial charge in [-0.05, 0) is 0 Å². The van der Waals surface area contributed by atoms with Crippen LogP contribution in [0.25, 0.3) is 0 Å². The fraction of sp³-hybridized carbons (Fsp3) is 0.833. The minimum atomic E-state index is -0.984. The van der Waals surface area contributed by atoms with Crippen molar-refractivity contribution in [2.45, 2.75) is 18.6 Å². The number of ether oxygens (including phenoxy) is 1. The minimum absolute atomic E-state index is 0.0179. The summed E-state index contributed by atoms with van der Waals surface area (Å²) in [5.74, 6) is -0.245. The second kappa shape index (κ2) is 3.09. The molecule has 1 heterocycles. The van der Waals surface area contributed by atoms with Crippen LogP contribution in [0.2, 0.25) is 0 Å². The van der Waals surface area contributed by atoms with Crippen LogP contribution in [-0.2, 0) is 9.53 Å². The zero-order valence-corrected chi connectivity index (χ0v) is 5.49. The molecule has 1 fully saturated rings. The van der Waals surface area contributed by atoms with E-state index in [0.29, 0.717) is 0 Å². The predicted octanol–water partition coefficient (Wildman–Crippen LogP) is -1.30. The molecule has 58 valence electrons. The molecule has 2 N–H and O–H groups in total. The van der Waals surface area contributed by atoms with Crippen molar-refractivity contribution < 1.29 is 19.7 Å². The summed E-state index contributed by atoms with van der Waals surface area (Å²) >= 11 is 0. The summed E-state index contributed by atoms with van der Waals surface area (Å²) in [6.07, 6.45) is -1.27. The zero-order chi connectivity index (χ0) is 7.56. The third kappa shape index (κ3) is 1.53. The fourth-order valence-corrected chi connectivity index (χ4v) is 0.857. The molecular formula is C6H10O4. The smallest absolute Gasteiger partial charge is 0.166 e. The molecule has 1 rings (SSSR count). The van der Waals surface area contributed by atoms with Gasteiger partial charge in [-0.15, -0.1) is 0 Å². The van der Waals surface area contributed by atoms with Crippen molar-refractivity contribution in [3.8, 4) is 0 Å². The van der Waals surface area contributed by atoms with Crippen LogP contribution in [0, 0.1) is 0 Å². The average molecular weight is 146 g/mol. The molecule has 1 saturated heterocycles. The number of Topliss-reactive ketones (excluding diaryl/α,β-unsaturated/α-hetero) is 1. The van der Waals surface area contributed by atoms with Gasteiger partial charge in [0.05, 0.1) is 19.3 Å². The van der Waals surface area contributed by atoms with Crippen molar-refractivity contribution in [3.05, 3.63) is 0 Å². The van der Waals surface area contributed by atoms with Crippen molar-refractivity contribution in [2.24, 2.45) is 0 Å². The maximum Gasteiger partial charge on any atom is 0.166 e. The van der Waals surface area contributed by atoms with E-state index in [1.165, 1.54) is 0 Å². The minimum Gasteiger partial charge on any atom is -0.394 e. The molecule has 10 heavy (non-hydrogen) atoms. The van der Waals surface area contributed by atoms with Gasteiger partial charge in [-0.25, -0.2) is 0 Å². The van der Waals surface area contributed by atoms with Gasteiger partial charge >= 0.3 is 0 Å². The summed E-state index contributed by atoms with van der Waals surface area (Å²) < 4.78 is 4.89. The topological polar surface area (TPSA) is 66.8 Å². The molecule has 0 unspecified atom stereocenters. The molecule has 4 heteroatoms. The van der Waals surface area contributed by atoms with Gasteiger partial charge < -0.3 is 14.9 Å². The van der Waals surface area contributed by atoms with Crippen molar-refractivity contribution in [2.75, 3.05) is 13.2 Å². The number of carbonyl (C=O) groups excluding carboxylic acids is 1. The summed E-state index contributed by atoms with van der Waals surface area (Å²) in [7, 11) is 0.